The first kappa shape index (κ1) is 20.0. The number of ketones is 1. The number of benzene rings is 2. The van der Waals surface area contributed by atoms with E-state index < -0.39 is 4.92 Å². The molecule has 0 spiro atoms. The van der Waals surface area contributed by atoms with E-state index in [1.807, 2.05) is 45.0 Å². The van der Waals surface area contributed by atoms with Gasteiger partial charge in [-0.05, 0) is 30.4 Å². The topological polar surface area (TPSA) is 80.5 Å². The SMILES string of the molecule is Cc1cccc(C2CC(=O)N(c3ccccc3[N+](=O)[O-])C3=C2C(=O)CC(C)(C)C3)c1. The summed E-state index contributed by atoms with van der Waals surface area (Å²) < 4.78 is 0. The monoisotopic (exact) mass is 404 g/mol. The third kappa shape index (κ3) is 3.43. The average molecular weight is 404 g/mol. The van der Waals surface area contributed by atoms with Gasteiger partial charge in [0.05, 0.1) is 4.92 Å². The Labute approximate surface area is 175 Å². The molecule has 2 aliphatic rings. The molecule has 0 bridgehead atoms. The molecule has 0 saturated heterocycles. The van der Waals surface area contributed by atoms with Crippen LogP contribution in [0.5, 0.6) is 0 Å². The predicted octanol–water partition coefficient (Wildman–Crippen LogP) is 5.07. The maximum Gasteiger partial charge on any atom is 0.293 e. The Morgan fingerprint density at radius 3 is 2.50 bits per heavy atom. The Hall–Kier alpha value is -3.28. The van der Waals surface area contributed by atoms with Crippen molar-refractivity contribution >= 4 is 23.1 Å². The van der Waals surface area contributed by atoms with Crippen molar-refractivity contribution < 1.29 is 14.5 Å². The Morgan fingerprint density at radius 2 is 1.80 bits per heavy atom. The maximum absolute atomic E-state index is 13.4. The van der Waals surface area contributed by atoms with E-state index in [2.05, 4.69) is 0 Å². The minimum absolute atomic E-state index is 0.0174. The van der Waals surface area contributed by atoms with E-state index >= 15 is 0 Å². The molecule has 0 radical (unpaired) electrons. The number of aryl methyl sites for hydroxylation is 1. The fourth-order valence-electron chi connectivity index (χ4n) is 4.67. The summed E-state index contributed by atoms with van der Waals surface area (Å²) in [7, 11) is 0. The predicted molar refractivity (Wildman–Crippen MR) is 114 cm³/mol. The number of hydrogen-bond acceptors (Lipinski definition) is 4. The molecule has 0 aromatic heterocycles. The van der Waals surface area contributed by atoms with Crippen LogP contribution in [0, 0.1) is 22.5 Å². The number of allylic oxidation sites excluding steroid dienone is 2. The molecule has 6 nitrogen and oxygen atoms in total. The van der Waals surface area contributed by atoms with Crippen molar-refractivity contribution in [3.05, 3.63) is 81.0 Å². The number of carbonyl (C=O) groups is 2. The van der Waals surface area contributed by atoms with Crippen molar-refractivity contribution in [3.63, 3.8) is 0 Å². The Bertz CT molecular complexity index is 1100. The first-order valence-electron chi connectivity index (χ1n) is 10.1. The van der Waals surface area contributed by atoms with Crippen LogP contribution in [0.25, 0.3) is 0 Å². The molecule has 1 atom stereocenters. The zero-order valence-corrected chi connectivity index (χ0v) is 17.3. The standard InChI is InChI=1S/C24H24N2O4/c1-15-7-6-8-16(11-15)17-12-22(28)25(18-9-4-5-10-19(18)26(29)30)20-13-24(2,3)14-21(27)23(17)20/h4-11,17H,12-14H2,1-3H3. The number of rotatable bonds is 3. The number of Topliss-reactive ketones (excluding diaryl/α,β-unsaturated/α-hetero) is 1. The lowest BCUT2D eigenvalue weighted by atomic mass is 9.69. The van der Waals surface area contributed by atoms with E-state index in [1.165, 1.54) is 11.0 Å². The molecule has 0 fully saturated rings. The quantitative estimate of drug-likeness (QED) is 0.528. The van der Waals surface area contributed by atoms with Crippen molar-refractivity contribution in [1.82, 2.24) is 0 Å². The molecule has 1 heterocycles. The first-order valence-corrected chi connectivity index (χ1v) is 10.1. The van der Waals surface area contributed by atoms with E-state index in [1.54, 1.807) is 18.2 Å². The molecule has 30 heavy (non-hydrogen) atoms. The van der Waals surface area contributed by atoms with Gasteiger partial charge < -0.3 is 0 Å². The van der Waals surface area contributed by atoms with Gasteiger partial charge in [0.15, 0.2) is 5.78 Å². The van der Waals surface area contributed by atoms with Crippen molar-refractivity contribution in [3.8, 4) is 0 Å². The number of para-hydroxylation sites is 2. The molecule has 4 rings (SSSR count). The summed E-state index contributed by atoms with van der Waals surface area (Å²) in [5.41, 5.74) is 2.99. The zero-order valence-electron chi connectivity index (χ0n) is 17.3. The fourth-order valence-corrected chi connectivity index (χ4v) is 4.67. The van der Waals surface area contributed by atoms with Gasteiger partial charge in [-0.2, -0.15) is 0 Å². The van der Waals surface area contributed by atoms with Crippen LogP contribution in [0.1, 0.15) is 50.2 Å². The Kier molecular flexibility index (Phi) is 4.80. The lowest BCUT2D eigenvalue weighted by Crippen LogP contribution is -2.44. The van der Waals surface area contributed by atoms with Gasteiger partial charge in [-0.15, -0.1) is 0 Å². The highest BCUT2D eigenvalue weighted by Gasteiger charge is 2.45. The highest BCUT2D eigenvalue weighted by atomic mass is 16.6. The van der Waals surface area contributed by atoms with Gasteiger partial charge in [-0.3, -0.25) is 24.6 Å². The molecule has 154 valence electrons. The molecule has 1 aliphatic heterocycles. The number of anilines is 1. The lowest BCUT2D eigenvalue weighted by Gasteiger charge is -2.42. The number of nitro groups is 1. The van der Waals surface area contributed by atoms with Gasteiger partial charge in [-0.1, -0.05) is 55.8 Å². The van der Waals surface area contributed by atoms with Crippen molar-refractivity contribution in [2.45, 2.75) is 46.0 Å². The molecular formula is C24H24N2O4. The van der Waals surface area contributed by atoms with E-state index in [0.717, 1.165) is 11.1 Å². The van der Waals surface area contributed by atoms with Gasteiger partial charge >= 0.3 is 0 Å². The second-order valence-corrected chi connectivity index (χ2v) is 8.95. The van der Waals surface area contributed by atoms with Gasteiger partial charge in [0.2, 0.25) is 5.91 Å². The van der Waals surface area contributed by atoms with Crippen LogP contribution in [0.15, 0.2) is 59.8 Å². The molecule has 1 aliphatic carbocycles. The highest BCUT2D eigenvalue weighted by molar-refractivity contribution is 6.08. The van der Waals surface area contributed by atoms with Gasteiger partial charge in [-0.25, -0.2) is 0 Å². The van der Waals surface area contributed by atoms with Crippen molar-refractivity contribution in [1.29, 1.82) is 0 Å². The highest BCUT2D eigenvalue weighted by Crippen LogP contribution is 2.49. The minimum atomic E-state index is -0.481. The van der Waals surface area contributed by atoms with Gasteiger partial charge in [0.1, 0.15) is 5.69 Å². The first-order chi connectivity index (χ1) is 14.2. The van der Waals surface area contributed by atoms with Crippen molar-refractivity contribution in [2.75, 3.05) is 4.90 Å². The van der Waals surface area contributed by atoms with E-state index in [-0.39, 0.29) is 40.8 Å². The van der Waals surface area contributed by atoms with Crippen LogP contribution < -0.4 is 4.90 Å². The molecular weight excluding hydrogens is 380 g/mol. The molecule has 2 aromatic rings. The zero-order chi connectivity index (χ0) is 21.6. The molecule has 2 aromatic carbocycles. The fraction of sp³-hybridized carbons (Fsp3) is 0.333. The Balaban J connectivity index is 1.95. The second kappa shape index (κ2) is 7.20. The Morgan fingerprint density at radius 1 is 1.07 bits per heavy atom. The summed E-state index contributed by atoms with van der Waals surface area (Å²) in [4.78, 5) is 39.2. The third-order valence-corrected chi connectivity index (χ3v) is 5.91. The summed E-state index contributed by atoms with van der Waals surface area (Å²) in [5.74, 6) is -0.529. The van der Waals surface area contributed by atoms with E-state index in [4.69, 9.17) is 0 Å². The summed E-state index contributed by atoms with van der Waals surface area (Å²) in [6, 6.07) is 14.1. The van der Waals surface area contributed by atoms with E-state index in [0.29, 0.717) is 24.1 Å². The second-order valence-electron chi connectivity index (χ2n) is 8.95. The number of carbonyl (C=O) groups excluding carboxylic acids is 2. The minimum Gasteiger partial charge on any atom is -0.294 e. The third-order valence-electron chi connectivity index (χ3n) is 5.91. The van der Waals surface area contributed by atoms with Crippen LogP contribution in [0.2, 0.25) is 0 Å². The number of hydrogen-bond donors (Lipinski definition) is 0. The average Bonchev–Trinajstić information content (AvgIpc) is 2.66. The molecule has 0 saturated carbocycles. The van der Waals surface area contributed by atoms with Crippen molar-refractivity contribution in [2.24, 2.45) is 5.41 Å². The molecule has 1 amide bonds. The van der Waals surface area contributed by atoms with Crippen LogP contribution in [0.3, 0.4) is 0 Å². The molecule has 6 heteroatoms. The smallest absolute Gasteiger partial charge is 0.293 e. The number of amides is 1. The summed E-state index contributed by atoms with van der Waals surface area (Å²) in [6.45, 7) is 5.97. The number of nitrogens with zero attached hydrogens (tertiary/aromatic N) is 2. The molecule has 1 unspecified atom stereocenters. The van der Waals surface area contributed by atoms with Crippen LogP contribution in [0.4, 0.5) is 11.4 Å². The van der Waals surface area contributed by atoms with Crippen LogP contribution >= 0.6 is 0 Å². The number of nitro benzene ring substituents is 1. The lowest BCUT2D eigenvalue weighted by molar-refractivity contribution is -0.384. The molecule has 0 N–H and O–H groups in total. The largest absolute Gasteiger partial charge is 0.294 e. The van der Waals surface area contributed by atoms with Crippen LogP contribution in [-0.2, 0) is 9.59 Å². The summed E-state index contributed by atoms with van der Waals surface area (Å²) >= 11 is 0. The normalized spacial score (nSPS) is 20.9. The van der Waals surface area contributed by atoms with Gasteiger partial charge in [0.25, 0.3) is 5.69 Å². The van der Waals surface area contributed by atoms with Crippen LogP contribution in [-0.4, -0.2) is 16.6 Å². The summed E-state index contributed by atoms with van der Waals surface area (Å²) in [5, 5.41) is 11.6. The maximum atomic E-state index is 13.4. The van der Waals surface area contributed by atoms with E-state index in [9.17, 15) is 19.7 Å². The van der Waals surface area contributed by atoms with Gasteiger partial charge in [0, 0.05) is 36.1 Å². The summed E-state index contributed by atoms with van der Waals surface area (Å²) in [6.07, 6.45) is 1.02.